The van der Waals surface area contributed by atoms with E-state index >= 15 is 0 Å². The highest BCUT2D eigenvalue weighted by molar-refractivity contribution is 7.15. The molecule has 1 aromatic carbocycles. The quantitative estimate of drug-likeness (QED) is 0.330. The van der Waals surface area contributed by atoms with E-state index in [0.29, 0.717) is 46.2 Å². The van der Waals surface area contributed by atoms with Crippen LogP contribution in [0.4, 0.5) is 13.2 Å². The van der Waals surface area contributed by atoms with Crippen molar-refractivity contribution in [3.63, 3.8) is 0 Å². The second kappa shape index (κ2) is 7.92. The Kier molecular flexibility index (Phi) is 5.04. The Labute approximate surface area is 187 Å². The maximum Gasteiger partial charge on any atom is 0.408 e. The van der Waals surface area contributed by atoms with E-state index in [-0.39, 0.29) is 12.1 Å². The number of carbonyl (C=O) groups is 2. The van der Waals surface area contributed by atoms with E-state index in [1.165, 1.54) is 23.7 Å². The maximum atomic E-state index is 12.9. The van der Waals surface area contributed by atoms with Crippen molar-refractivity contribution in [2.24, 2.45) is 0 Å². The van der Waals surface area contributed by atoms with Gasteiger partial charge in [0.15, 0.2) is 10.8 Å². The lowest BCUT2D eigenvalue weighted by Crippen LogP contribution is -2.19. The van der Waals surface area contributed by atoms with Crippen molar-refractivity contribution >= 4 is 23.5 Å². The molecule has 0 saturated carbocycles. The second-order valence-electron chi connectivity index (χ2n) is 7.09. The largest absolute Gasteiger partial charge is 0.492 e. The number of rotatable bonds is 4. The first kappa shape index (κ1) is 21.0. The van der Waals surface area contributed by atoms with Gasteiger partial charge in [0.25, 0.3) is 0 Å². The molecule has 0 amide bonds. The van der Waals surface area contributed by atoms with E-state index in [1.54, 1.807) is 18.2 Å². The summed E-state index contributed by atoms with van der Waals surface area (Å²) in [7, 11) is 0. The second-order valence-corrected chi connectivity index (χ2v) is 8.17. The number of thiazole rings is 1. The van der Waals surface area contributed by atoms with Crippen molar-refractivity contribution in [3.8, 4) is 39.0 Å². The van der Waals surface area contributed by atoms with Gasteiger partial charge >= 0.3 is 12.1 Å². The van der Waals surface area contributed by atoms with Gasteiger partial charge in [-0.2, -0.15) is 23.4 Å². The van der Waals surface area contributed by atoms with Gasteiger partial charge in [0, 0.05) is 28.6 Å². The fraction of sp³-hybridized carbons (Fsp3) is 0.200. The van der Waals surface area contributed by atoms with Gasteiger partial charge in [-0.25, -0.2) is 19.3 Å². The lowest BCUT2D eigenvalue weighted by Gasteiger charge is -2.09. The normalized spacial score (nSPS) is 13.1. The molecule has 1 aliphatic rings. The average molecular weight is 474 g/mol. The fourth-order valence-corrected chi connectivity index (χ4v) is 4.52. The van der Waals surface area contributed by atoms with Crippen LogP contribution in [0.15, 0.2) is 36.9 Å². The van der Waals surface area contributed by atoms with Crippen LogP contribution in [0.1, 0.15) is 9.67 Å². The minimum Gasteiger partial charge on any atom is -0.492 e. The molecule has 168 valence electrons. The van der Waals surface area contributed by atoms with Crippen molar-refractivity contribution < 1.29 is 27.5 Å². The Bertz CT molecular complexity index is 1370. The summed E-state index contributed by atoms with van der Waals surface area (Å²) in [4.78, 5) is 31.6. The number of alkyl halides is 3. The molecule has 13 heteroatoms. The number of ether oxygens (including phenoxy) is 1. The number of aldehydes is 1. The molecule has 0 N–H and O–H groups in total. The van der Waals surface area contributed by atoms with Gasteiger partial charge in [-0.1, -0.05) is 6.07 Å². The van der Waals surface area contributed by atoms with Gasteiger partial charge < -0.3 is 4.74 Å². The van der Waals surface area contributed by atoms with Crippen LogP contribution < -0.4 is 4.74 Å². The van der Waals surface area contributed by atoms with Crippen LogP contribution in [0.2, 0.25) is 0 Å². The summed E-state index contributed by atoms with van der Waals surface area (Å²) in [5.41, 5.74) is 2.62. The van der Waals surface area contributed by atoms with Crippen LogP contribution in [0.3, 0.4) is 0 Å². The molecule has 0 fully saturated rings. The van der Waals surface area contributed by atoms with E-state index < -0.39 is 18.6 Å². The lowest BCUT2D eigenvalue weighted by atomic mass is 10.0. The number of hydrogen-bond acceptors (Lipinski definition) is 8. The highest BCUT2D eigenvalue weighted by Crippen LogP contribution is 2.41. The molecule has 0 saturated heterocycles. The molecule has 0 radical (unpaired) electrons. The van der Waals surface area contributed by atoms with Crippen LogP contribution in [-0.4, -0.2) is 54.5 Å². The molecular weight excluding hydrogens is 461 g/mol. The maximum absolute atomic E-state index is 12.9. The van der Waals surface area contributed by atoms with Crippen LogP contribution in [0, 0.1) is 0 Å². The van der Waals surface area contributed by atoms with Gasteiger partial charge in [-0.15, -0.1) is 11.3 Å². The Morgan fingerprint density at radius 2 is 2.09 bits per heavy atom. The first-order valence-electron chi connectivity index (χ1n) is 9.59. The smallest absolute Gasteiger partial charge is 0.408 e. The Morgan fingerprint density at radius 3 is 2.88 bits per heavy atom. The molecule has 4 heterocycles. The molecule has 0 unspecified atom stereocenters. The van der Waals surface area contributed by atoms with Crippen molar-refractivity contribution in [2.45, 2.75) is 19.1 Å². The first-order valence-corrected chi connectivity index (χ1v) is 10.4. The molecule has 0 bridgehead atoms. The zero-order valence-electron chi connectivity index (χ0n) is 16.6. The van der Waals surface area contributed by atoms with E-state index in [2.05, 4.69) is 20.2 Å². The van der Waals surface area contributed by atoms with Crippen LogP contribution >= 0.6 is 11.3 Å². The van der Waals surface area contributed by atoms with Crippen molar-refractivity contribution in [3.05, 3.63) is 41.8 Å². The Morgan fingerprint density at radius 1 is 1.24 bits per heavy atom. The third-order valence-corrected chi connectivity index (χ3v) is 6.01. The first-order chi connectivity index (χ1) is 15.8. The minimum absolute atomic E-state index is 0.0525. The standard InChI is InChI=1S/C20H13F3N6O3S/c21-20(22,23)9-29-18(24-10-26-29)19-27-17-13-2-1-11(5-14(13)32-4-3-15(17)33-19)12-6-25-28(7-12)16(31)8-30/h1-2,5-8,10H,3-4,9H2. The highest BCUT2D eigenvalue weighted by Gasteiger charge is 2.31. The van der Waals surface area contributed by atoms with Crippen LogP contribution in [-0.2, 0) is 17.8 Å². The summed E-state index contributed by atoms with van der Waals surface area (Å²) >= 11 is 1.25. The summed E-state index contributed by atoms with van der Waals surface area (Å²) in [5.74, 6) is -0.198. The molecule has 4 aromatic rings. The van der Waals surface area contributed by atoms with Crippen LogP contribution in [0.5, 0.6) is 5.75 Å². The van der Waals surface area contributed by atoms with Crippen LogP contribution in [0.25, 0.3) is 33.2 Å². The van der Waals surface area contributed by atoms with Gasteiger partial charge in [0.05, 0.1) is 18.5 Å². The predicted octanol–water partition coefficient (Wildman–Crippen LogP) is 3.27. The van der Waals surface area contributed by atoms with Crippen molar-refractivity contribution in [1.82, 2.24) is 29.5 Å². The van der Waals surface area contributed by atoms with E-state index in [0.717, 1.165) is 20.6 Å². The summed E-state index contributed by atoms with van der Waals surface area (Å²) in [6.07, 6.45) is 0.239. The lowest BCUT2D eigenvalue weighted by molar-refractivity contribution is -0.142. The molecule has 1 aliphatic heterocycles. The molecule has 0 aliphatic carbocycles. The fourth-order valence-electron chi connectivity index (χ4n) is 3.46. The Hall–Kier alpha value is -3.87. The van der Waals surface area contributed by atoms with Crippen molar-refractivity contribution in [2.75, 3.05) is 6.61 Å². The zero-order chi connectivity index (χ0) is 23.2. The number of fused-ring (bicyclic) bond motifs is 3. The molecule has 0 atom stereocenters. The highest BCUT2D eigenvalue weighted by atomic mass is 32.1. The van der Waals surface area contributed by atoms with E-state index in [4.69, 9.17) is 4.74 Å². The molecule has 3 aromatic heterocycles. The van der Waals surface area contributed by atoms with Gasteiger partial charge in [0.2, 0.25) is 6.29 Å². The zero-order valence-corrected chi connectivity index (χ0v) is 17.4. The molecular formula is C20H13F3N6O3S. The van der Waals surface area contributed by atoms with E-state index in [1.807, 2.05) is 0 Å². The monoisotopic (exact) mass is 474 g/mol. The SMILES string of the molecule is O=CC(=O)n1cc(-c2ccc3c(c2)OCCc2sc(-c4ncnn4CC(F)(F)F)nc2-3)cn1. The van der Waals surface area contributed by atoms with Gasteiger partial charge in [0.1, 0.15) is 18.6 Å². The summed E-state index contributed by atoms with van der Waals surface area (Å²) < 4.78 is 46.2. The number of carbonyl (C=O) groups excluding carboxylic acids is 2. The minimum atomic E-state index is -4.43. The van der Waals surface area contributed by atoms with Gasteiger partial charge in [-0.3, -0.25) is 9.59 Å². The average Bonchev–Trinajstić information content (AvgIpc) is 3.50. The molecule has 33 heavy (non-hydrogen) atoms. The predicted molar refractivity (Wildman–Crippen MR) is 110 cm³/mol. The topological polar surface area (TPSA) is 105 Å². The summed E-state index contributed by atoms with van der Waals surface area (Å²) in [6, 6.07) is 5.34. The number of nitrogens with zero attached hydrogens (tertiary/aromatic N) is 6. The summed E-state index contributed by atoms with van der Waals surface area (Å²) in [6.45, 7) is -0.904. The molecule has 9 nitrogen and oxygen atoms in total. The van der Waals surface area contributed by atoms with Crippen molar-refractivity contribution in [1.29, 1.82) is 0 Å². The third-order valence-electron chi connectivity index (χ3n) is 4.90. The number of benzene rings is 1. The number of halogens is 3. The van der Waals surface area contributed by atoms with E-state index in [9.17, 15) is 22.8 Å². The van der Waals surface area contributed by atoms with Gasteiger partial charge in [-0.05, 0) is 17.7 Å². The number of aromatic nitrogens is 6. The third kappa shape index (κ3) is 4.02. The summed E-state index contributed by atoms with van der Waals surface area (Å²) in [5, 5.41) is 7.91. The molecule has 0 spiro atoms. The number of hydrogen-bond donors (Lipinski definition) is 0. The Balaban J connectivity index is 1.51. The molecule has 5 rings (SSSR count).